The third kappa shape index (κ3) is 4.56. The highest BCUT2D eigenvalue weighted by Gasteiger charge is 2.34. The summed E-state index contributed by atoms with van der Waals surface area (Å²) in [4.78, 5) is 4.51. The minimum absolute atomic E-state index is 0.135. The standard InChI is InChI=1S/C17H18N6O6S3/c1-8-14(9(2)29-23-8)10-4-5-12-11(6-10)20-17(30-12)15(31(3,24)25)16-22-21-13(28-16)7-19-32(18,26)27/h4-6,15,19H,7H2,1-3H3,(H2,18,26,27). The van der Waals surface area contributed by atoms with E-state index in [-0.39, 0.29) is 23.3 Å². The lowest BCUT2D eigenvalue weighted by atomic mass is 10.0. The van der Waals surface area contributed by atoms with Gasteiger partial charge in [-0.05, 0) is 31.5 Å². The summed E-state index contributed by atoms with van der Waals surface area (Å²) in [5, 5.41) is 15.3. The number of fused-ring (bicyclic) bond motifs is 1. The molecule has 170 valence electrons. The molecule has 0 aliphatic rings. The molecule has 0 saturated carbocycles. The Morgan fingerprint density at radius 1 is 1.19 bits per heavy atom. The van der Waals surface area contributed by atoms with Crippen molar-refractivity contribution in [3.63, 3.8) is 0 Å². The quantitative estimate of drug-likeness (QED) is 0.377. The molecule has 0 amide bonds. The number of aromatic nitrogens is 4. The molecular formula is C17H18N6O6S3. The number of hydrogen-bond donors (Lipinski definition) is 2. The Balaban J connectivity index is 1.73. The molecule has 0 aliphatic heterocycles. The van der Waals surface area contributed by atoms with E-state index in [0.29, 0.717) is 11.3 Å². The van der Waals surface area contributed by atoms with E-state index >= 15 is 0 Å². The summed E-state index contributed by atoms with van der Waals surface area (Å²) in [6.07, 6.45) is 1.03. The number of nitrogens with one attached hydrogen (secondary N) is 1. The van der Waals surface area contributed by atoms with Crippen LogP contribution in [0.25, 0.3) is 21.3 Å². The number of aryl methyl sites for hydroxylation is 2. The zero-order chi connectivity index (χ0) is 23.3. The average molecular weight is 499 g/mol. The lowest BCUT2D eigenvalue weighted by molar-refractivity contribution is 0.393. The molecule has 12 nitrogen and oxygen atoms in total. The SMILES string of the molecule is Cc1noc(C)c1-c1ccc2sc(C(c3nnc(CNS(N)(=O)=O)o3)S(C)(=O)=O)nc2c1. The van der Waals surface area contributed by atoms with Crippen LogP contribution in [0.3, 0.4) is 0 Å². The molecule has 15 heteroatoms. The molecule has 1 aromatic carbocycles. The van der Waals surface area contributed by atoms with Crippen LogP contribution < -0.4 is 9.86 Å². The zero-order valence-corrected chi connectivity index (χ0v) is 19.5. The predicted molar refractivity (Wildman–Crippen MR) is 116 cm³/mol. The van der Waals surface area contributed by atoms with Gasteiger partial charge in [0, 0.05) is 11.8 Å². The van der Waals surface area contributed by atoms with Gasteiger partial charge in [0.2, 0.25) is 11.8 Å². The molecule has 0 radical (unpaired) electrons. The lowest BCUT2D eigenvalue weighted by Crippen LogP contribution is -2.30. The number of hydrogen-bond acceptors (Lipinski definition) is 11. The van der Waals surface area contributed by atoms with E-state index in [9.17, 15) is 16.8 Å². The molecule has 4 aromatic rings. The van der Waals surface area contributed by atoms with Crippen molar-refractivity contribution in [2.24, 2.45) is 5.14 Å². The fourth-order valence-corrected chi connectivity index (χ4v) is 5.98. The number of thiazole rings is 1. The Morgan fingerprint density at radius 3 is 2.56 bits per heavy atom. The maximum atomic E-state index is 12.6. The van der Waals surface area contributed by atoms with Crippen LogP contribution in [0.1, 0.15) is 33.5 Å². The van der Waals surface area contributed by atoms with Gasteiger partial charge in [0.1, 0.15) is 10.8 Å². The van der Waals surface area contributed by atoms with Crippen LogP contribution in [0.2, 0.25) is 0 Å². The first-order valence-corrected chi connectivity index (χ1v) is 13.4. The molecule has 1 unspecified atom stereocenters. The van der Waals surface area contributed by atoms with Gasteiger partial charge in [-0.2, -0.15) is 13.1 Å². The minimum Gasteiger partial charge on any atom is -0.422 e. The molecule has 0 aliphatic carbocycles. The van der Waals surface area contributed by atoms with Crippen LogP contribution in [0.4, 0.5) is 0 Å². The molecule has 3 aromatic heterocycles. The molecule has 4 rings (SSSR count). The second-order valence-electron chi connectivity index (χ2n) is 7.04. The fourth-order valence-electron chi connectivity index (χ4n) is 3.19. The molecule has 32 heavy (non-hydrogen) atoms. The van der Waals surface area contributed by atoms with Gasteiger partial charge < -0.3 is 8.94 Å². The Morgan fingerprint density at radius 2 is 1.94 bits per heavy atom. The third-order valence-corrected chi connectivity index (χ3v) is 7.59. The van der Waals surface area contributed by atoms with Crippen molar-refractivity contribution in [3.05, 3.63) is 46.4 Å². The maximum Gasteiger partial charge on any atom is 0.274 e. The first kappa shape index (κ1) is 22.5. The van der Waals surface area contributed by atoms with Crippen molar-refractivity contribution in [2.45, 2.75) is 25.6 Å². The van der Waals surface area contributed by atoms with Gasteiger partial charge in [-0.3, -0.25) is 0 Å². The van der Waals surface area contributed by atoms with E-state index < -0.39 is 25.3 Å². The molecule has 3 N–H and O–H groups in total. The maximum absolute atomic E-state index is 12.6. The Bertz CT molecular complexity index is 1500. The van der Waals surface area contributed by atoms with Crippen LogP contribution in [0.5, 0.6) is 0 Å². The molecular weight excluding hydrogens is 480 g/mol. The van der Waals surface area contributed by atoms with Gasteiger partial charge in [0.25, 0.3) is 10.2 Å². The molecule has 0 fully saturated rings. The summed E-state index contributed by atoms with van der Waals surface area (Å²) < 4.78 is 60.6. The van der Waals surface area contributed by atoms with E-state index in [1.54, 1.807) is 0 Å². The number of benzene rings is 1. The second kappa shape index (κ2) is 8.00. The summed E-state index contributed by atoms with van der Waals surface area (Å²) in [6, 6.07) is 5.55. The molecule has 0 saturated heterocycles. The Kier molecular flexibility index (Phi) is 5.62. The first-order chi connectivity index (χ1) is 14.9. The van der Waals surface area contributed by atoms with Crippen molar-refractivity contribution < 1.29 is 25.8 Å². The van der Waals surface area contributed by atoms with Gasteiger partial charge in [-0.25, -0.2) is 18.5 Å². The highest BCUT2D eigenvalue weighted by atomic mass is 32.2. The van der Waals surface area contributed by atoms with E-state index in [0.717, 1.165) is 27.8 Å². The van der Waals surface area contributed by atoms with Crippen molar-refractivity contribution in [3.8, 4) is 11.1 Å². The zero-order valence-electron chi connectivity index (χ0n) is 17.1. The van der Waals surface area contributed by atoms with Crippen LogP contribution in [-0.2, 0) is 26.6 Å². The van der Waals surface area contributed by atoms with Crippen LogP contribution >= 0.6 is 11.3 Å². The average Bonchev–Trinajstić information content (AvgIpc) is 3.37. The van der Waals surface area contributed by atoms with Crippen molar-refractivity contribution in [1.29, 1.82) is 0 Å². The third-order valence-electron chi connectivity index (χ3n) is 4.51. The molecule has 1 atom stereocenters. The summed E-state index contributed by atoms with van der Waals surface area (Å²) in [5.74, 6) is 0.311. The van der Waals surface area contributed by atoms with E-state index in [2.05, 4.69) is 20.3 Å². The monoisotopic (exact) mass is 498 g/mol. The number of rotatable bonds is 7. The normalized spacial score (nSPS) is 13.6. The largest absolute Gasteiger partial charge is 0.422 e. The van der Waals surface area contributed by atoms with Gasteiger partial charge in [0.05, 0.1) is 22.5 Å². The van der Waals surface area contributed by atoms with E-state index in [1.165, 1.54) is 11.3 Å². The predicted octanol–water partition coefficient (Wildman–Crippen LogP) is 1.38. The molecule has 0 bridgehead atoms. The topological polar surface area (TPSA) is 184 Å². The van der Waals surface area contributed by atoms with Gasteiger partial charge >= 0.3 is 0 Å². The summed E-state index contributed by atoms with van der Waals surface area (Å²) in [7, 11) is -7.73. The lowest BCUT2D eigenvalue weighted by Gasteiger charge is -2.07. The van der Waals surface area contributed by atoms with Crippen LogP contribution in [-0.4, -0.2) is 43.4 Å². The fraction of sp³-hybridized carbons (Fsp3) is 0.294. The van der Waals surface area contributed by atoms with Crippen LogP contribution in [0, 0.1) is 13.8 Å². The molecule has 0 spiro atoms. The summed E-state index contributed by atoms with van der Waals surface area (Å²) in [5.41, 5.74) is 3.02. The Labute approximate surface area is 186 Å². The van der Waals surface area contributed by atoms with Gasteiger partial charge in [-0.1, -0.05) is 11.2 Å². The highest BCUT2D eigenvalue weighted by Crippen LogP contribution is 2.37. The van der Waals surface area contributed by atoms with Crippen molar-refractivity contribution in [1.82, 2.24) is 25.1 Å². The minimum atomic E-state index is -3.98. The second-order valence-corrected chi connectivity index (χ2v) is 11.6. The van der Waals surface area contributed by atoms with E-state index in [1.807, 2.05) is 36.8 Å². The first-order valence-electron chi connectivity index (χ1n) is 9.04. The smallest absolute Gasteiger partial charge is 0.274 e. The van der Waals surface area contributed by atoms with E-state index in [4.69, 9.17) is 14.1 Å². The number of nitrogens with zero attached hydrogens (tertiary/aromatic N) is 4. The summed E-state index contributed by atoms with van der Waals surface area (Å²) in [6.45, 7) is 3.27. The number of nitrogens with two attached hydrogens (primary N) is 1. The summed E-state index contributed by atoms with van der Waals surface area (Å²) >= 11 is 1.18. The highest BCUT2D eigenvalue weighted by molar-refractivity contribution is 7.91. The van der Waals surface area contributed by atoms with Crippen LogP contribution in [0.15, 0.2) is 27.1 Å². The number of sulfone groups is 1. The van der Waals surface area contributed by atoms with Crippen molar-refractivity contribution in [2.75, 3.05) is 6.26 Å². The Hall–Kier alpha value is -2.72. The van der Waals surface area contributed by atoms with Gasteiger partial charge in [0.15, 0.2) is 15.1 Å². The molecule has 3 heterocycles. The van der Waals surface area contributed by atoms with Gasteiger partial charge in [-0.15, -0.1) is 21.5 Å². The van der Waals surface area contributed by atoms with Crippen molar-refractivity contribution >= 4 is 41.6 Å².